The molecule has 5 rings (SSSR count). The maximum atomic E-state index is 15.3. The highest BCUT2D eigenvalue weighted by Crippen LogP contribution is 2.44. The number of amides is 2. The first-order valence-corrected chi connectivity index (χ1v) is 13.9. The molecule has 3 heterocycles. The molecule has 0 bridgehead atoms. The molecule has 208 valence electrons. The van der Waals surface area contributed by atoms with Crippen LogP contribution in [0.15, 0.2) is 4.52 Å². The number of rotatable bonds is 5. The van der Waals surface area contributed by atoms with Crippen LogP contribution < -0.4 is 5.32 Å². The molecular weight excluding hydrogens is 485 g/mol. The third-order valence-corrected chi connectivity index (χ3v) is 9.16. The van der Waals surface area contributed by atoms with Gasteiger partial charge in [0.2, 0.25) is 5.89 Å². The van der Waals surface area contributed by atoms with E-state index in [1.54, 1.807) is 4.90 Å². The van der Waals surface area contributed by atoms with Crippen LogP contribution >= 0.6 is 0 Å². The first-order chi connectivity index (χ1) is 17.5. The summed E-state index contributed by atoms with van der Waals surface area (Å²) in [5.74, 6) is -2.36. The molecule has 0 aromatic carbocycles. The number of carbonyl (C=O) groups excluding carboxylic acids is 1. The van der Waals surface area contributed by atoms with Crippen molar-refractivity contribution >= 4 is 6.03 Å². The molecule has 8 nitrogen and oxygen atoms in total. The van der Waals surface area contributed by atoms with Crippen LogP contribution in [0.3, 0.4) is 0 Å². The highest BCUT2D eigenvalue weighted by atomic mass is 19.3. The number of likely N-dealkylation sites (tertiary alicyclic amines) is 1. The topological polar surface area (TPSA) is 77.7 Å². The van der Waals surface area contributed by atoms with E-state index in [4.69, 9.17) is 4.52 Å². The van der Waals surface area contributed by atoms with Crippen LogP contribution in [0.2, 0.25) is 0 Å². The summed E-state index contributed by atoms with van der Waals surface area (Å²) in [7, 11) is 0. The molecule has 1 N–H and O–H groups in total. The highest BCUT2D eigenvalue weighted by molar-refractivity contribution is 5.75. The Bertz CT molecular complexity index is 966. The number of piperidine rings is 1. The van der Waals surface area contributed by atoms with Crippen molar-refractivity contribution in [3.05, 3.63) is 11.7 Å². The van der Waals surface area contributed by atoms with Crippen LogP contribution in [0.1, 0.15) is 83.9 Å². The summed E-state index contributed by atoms with van der Waals surface area (Å²) >= 11 is 0. The standard InChI is InChI=1S/C26H41F3N6O2/c1-16(2)34-12-13-35(17(3)15-34)20-6-5-7-26(28,29)21(20)30-24(36)33-10-8-25(4,9-11-33)23-31-22(37-32-23)18-14-19(18)27/h16-21H,5-15H2,1-4H3,(H,30,36)/t17-,18-,19+,20+,21-/m1/s1. The summed E-state index contributed by atoms with van der Waals surface area (Å²) < 4.78 is 49.2. The van der Waals surface area contributed by atoms with Crippen LogP contribution in [-0.2, 0) is 5.41 Å². The molecule has 11 heteroatoms. The Morgan fingerprint density at radius 2 is 1.86 bits per heavy atom. The number of aromatic nitrogens is 2. The van der Waals surface area contributed by atoms with E-state index in [1.807, 2.05) is 6.92 Å². The fourth-order valence-electron chi connectivity index (χ4n) is 6.37. The minimum absolute atomic E-state index is 0.147. The van der Waals surface area contributed by atoms with E-state index in [9.17, 15) is 9.18 Å². The molecule has 37 heavy (non-hydrogen) atoms. The number of carbonyl (C=O) groups is 1. The monoisotopic (exact) mass is 526 g/mol. The van der Waals surface area contributed by atoms with E-state index in [-0.39, 0.29) is 24.4 Å². The van der Waals surface area contributed by atoms with Crippen LogP contribution in [0.5, 0.6) is 0 Å². The number of alkyl halides is 3. The molecule has 2 saturated carbocycles. The number of hydrogen-bond acceptors (Lipinski definition) is 6. The van der Waals surface area contributed by atoms with Gasteiger partial charge in [0, 0.05) is 62.7 Å². The van der Waals surface area contributed by atoms with Crippen LogP contribution in [0.25, 0.3) is 0 Å². The average molecular weight is 527 g/mol. The molecule has 4 aliphatic rings. The number of urea groups is 1. The first kappa shape index (κ1) is 26.7. The third kappa shape index (κ3) is 5.35. The lowest BCUT2D eigenvalue weighted by Gasteiger charge is -2.50. The molecule has 2 saturated heterocycles. The second kappa shape index (κ2) is 10.0. The zero-order chi connectivity index (χ0) is 26.5. The second-order valence-electron chi connectivity index (χ2n) is 12.2. The van der Waals surface area contributed by atoms with Crippen molar-refractivity contribution in [3.8, 4) is 0 Å². The molecular formula is C26H41F3N6O2. The lowest BCUT2D eigenvalue weighted by atomic mass is 9.79. The van der Waals surface area contributed by atoms with Gasteiger partial charge in [-0.05, 0) is 52.9 Å². The number of nitrogens with one attached hydrogen (secondary N) is 1. The molecule has 1 aromatic rings. The molecule has 1 aromatic heterocycles. The van der Waals surface area contributed by atoms with Gasteiger partial charge in [-0.3, -0.25) is 9.80 Å². The molecule has 0 radical (unpaired) electrons. The van der Waals surface area contributed by atoms with E-state index in [2.05, 4.69) is 46.0 Å². The molecule has 0 unspecified atom stereocenters. The summed E-state index contributed by atoms with van der Waals surface area (Å²) in [6, 6.07) is -1.45. The fraction of sp³-hybridized carbons (Fsp3) is 0.885. The van der Waals surface area contributed by atoms with Crippen molar-refractivity contribution in [1.29, 1.82) is 0 Å². The van der Waals surface area contributed by atoms with Crippen molar-refractivity contribution in [2.75, 3.05) is 32.7 Å². The minimum Gasteiger partial charge on any atom is -0.339 e. The van der Waals surface area contributed by atoms with Crippen LogP contribution in [0.4, 0.5) is 18.0 Å². The Balaban J connectivity index is 1.22. The summed E-state index contributed by atoms with van der Waals surface area (Å²) in [4.78, 5) is 23.9. The molecule has 2 amide bonds. The lowest BCUT2D eigenvalue weighted by molar-refractivity contribution is -0.105. The predicted molar refractivity (Wildman–Crippen MR) is 132 cm³/mol. The number of nitrogens with zero attached hydrogens (tertiary/aromatic N) is 5. The maximum absolute atomic E-state index is 15.3. The summed E-state index contributed by atoms with van der Waals surface area (Å²) in [6.45, 7) is 11.7. The normalized spacial score (nSPS) is 34.5. The van der Waals surface area contributed by atoms with Gasteiger partial charge >= 0.3 is 6.03 Å². The van der Waals surface area contributed by atoms with E-state index in [1.165, 1.54) is 0 Å². The quantitative estimate of drug-likeness (QED) is 0.627. The Labute approximate surface area is 217 Å². The van der Waals surface area contributed by atoms with Crippen molar-refractivity contribution < 1.29 is 22.5 Å². The van der Waals surface area contributed by atoms with Gasteiger partial charge in [-0.15, -0.1) is 0 Å². The van der Waals surface area contributed by atoms with E-state index < -0.39 is 29.6 Å². The average Bonchev–Trinajstić information content (AvgIpc) is 3.36. The van der Waals surface area contributed by atoms with Gasteiger partial charge in [0.25, 0.3) is 5.92 Å². The Kier molecular flexibility index (Phi) is 7.23. The van der Waals surface area contributed by atoms with Crippen molar-refractivity contribution in [2.45, 2.75) is 114 Å². The van der Waals surface area contributed by atoms with Gasteiger partial charge in [-0.2, -0.15) is 4.98 Å². The number of piperazine rings is 1. The number of halogens is 3. The zero-order valence-electron chi connectivity index (χ0n) is 22.4. The molecule has 2 aliphatic carbocycles. The van der Waals surface area contributed by atoms with Crippen molar-refractivity contribution in [2.24, 2.45) is 0 Å². The minimum atomic E-state index is -2.95. The largest absolute Gasteiger partial charge is 0.339 e. The van der Waals surface area contributed by atoms with Crippen LogP contribution in [-0.4, -0.2) is 99.9 Å². The van der Waals surface area contributed by atoms with Gasteiger partial charge < -0.3 is 14.7 Å². The fourth-order valence-corrected chi connectivity index (χ4v) is 6.37. The van der Waals surface area contributed by atoms with Gasteiger partial charge in [0.1, 0.15) is 12.2 Å². The first-order valence-electron chi connectivity index (χ1n) is 13.9. The summed E-state index contributed by atoms with van der Waals surface area (Å²) in [5, 5.41) is 6.87. The zero-order valence-corrected chi connectivity index (χ0v) is 22.4. The van der Waals surface area contributed by atoms with E-state index >= 15 is 8.78 Å². The second-order valence-corrected chi connectivity index (χ2v) is 12.2. The Morgan fingerprint density at radius 3 is 2.49 bits per heavy atom. The van der Waals surface area contributed by atoms with Crippen molar-refractivity contribution in [3.63, 3.8) is 0 Å². The van der Waals surface area contributed by atoms with Gasteiger partial charge in [0.15, 0.2) is 5.82 Å². The smallest absolute Gasteiger partial charge is 0.317 e. The van der Waals surface area contributed by atoms with Gasteiger partial charge in [0.05, 0.1) is 5.92 Å². The maximum Gasteiger partial charge on any atom is 0.317 e. The molecule has 4 fully saturated rings. The Hall–Kier alpha value is -1.88. The van der Waals surface area contributed by atoms with Gasteiger partial charge in [-0.25, -0.2) is 18.0 Å². The Morgan fingerprint density at radius 1 is 1.16 bits per heavy atom. The van der Waals surface area contributed by atoms with Gasteiger partial charge in [-0.1, -0.05) is 12.1 Å². The molecule has 0 spiro atoms. The molecule has 5 atom stereocenters. The predicted octanol–water partition coefficient (Wildman–Crippen LogP) is 3.93. The van der Waals surface area contributed by atoms with E-state index in [0.29, 0.717) is 63.0 Å². The number of hydrogen-bond donors (Lipinski definition) is 1. The van der Waals surface area contributed by atoms with Crippen molar-refractivity contribution in [1.82, 2.24) is 30.2 Å². The summed E-state index contributed by atoms with van der Waals surface area (Å²) in [5.41, 5.74) is -0.401. The third-order valence-electron chi connectivity index (χ3n) is 9.16. The summed E-state index contributed by atoms with van der Waals surface area (Å²) in [6.07, 6.45) is 1.60. The SMILES string of the molecule is CC(C)N1CCN([C@H]2CCCC(F)(F)[C@@H]2NC(=O)N2CCC(C)(c3noc([C@@H]4C[C@@H]4F)n3)CC2)[C@H](C)C1. The van der Waals surface area contributed by atoms with E-state index in [0.717, 1.165) is 19.6 Å². The van der Waals surface area contributed by atoms with Crippen LogP contribution in [0, 0.1) is 0 Å². The lowest BCUT2D eigenvalue weighted by Crippen LogP contribution is -2.67. The highest BCUT2D eigenvalue weighted by Gasteiger charge is 2.51. The molecule has 2 aliphatic heterocycles.